The highest BCUT2D eigenvalue weighted by molar-refractivity contribution is 6.31. The molecule has 1 aliphatic rings. The number of aliphatic carboxylic acids is 1. The summed E-state index contributed by atoms with van der Waals surface area (Å²) in [6.45, 7) is 1.36. The van der Waals surface area contributed by atoms with Crippen LogP contribution in [0.1, 0.15) is 36.2 Å². The number of carboxylic acids is 1. The summed E-state index contributed by atoms with van der Waals surface area (Å²) in [6.07, 6.45) is 4.43. The lowest BCUT2D eigenvalue weighted by Crippen LogP contribution is -2.40. The fraction of sp³-hybridized carbons (Fsp3) is 0.571. The van der Waals surface area contributed by atoms with Gasteiger partial charge in [-0.2, -0.15) is 0 Å². The first-order valence-corrected chi connectivity index (χ1v) is 7.18. The van der Waals surface area contributed by atoms with E-state index in [-0.39, 0.29) is 18.2 Å². The molecule has 0 aromatic carbocycles. The molecule has 1 amide bonds. The quantitative estimate of drug-likeness (QED) is 0.928. The number of hydrogen-bond donors (Lipinski definition) is 1. The lowest BCUT2D eigenvalue weighted by atomic mass is 9.93. The highest BCUT2D eigenvalue weighted by atomic mass is 35.5. The Bertz CT molecular complexity index is 513. The standard InChI is InChI=1S/C14H19ClN2O3/c1-16-9-11(15)7-12(16)14(20)17-6-2-3-10(8-17)4-5-13(18)19/h7,9-10H,2-6,8H2,1H3,(H,18,19)/t10-/m0/s1. The fourth-order valence-corrected chi connectivity index (χ4v) is 2.96. The molecule has 0 spiro atoms. The van der Waals surface area contributed by atoms with Gasteiger partial charge in [0.15, 0.2) is 0 Å². The van der Waals surface area contributed by atoms with Gasteiger partial charge >= 0.3 is 5.97 Å². The van der Waals surface area contributed by atoms with Crippen LogP contribution in [0.5, 0.6) is 0 Å². The minimum Gasteiger partial charge on any atom is -0.481 e. The first-order chi connectivity index (χ1) is 9.47. The largest absolute Gasteiger partial charge is 0.481 e. The van der Waals surface area contributed by atoms with Gasteiger partial charge in [-0.25, -0.2) is 0 Å². The molecule has 6 heteroatoms. The zero-order valence-corrected chi connectivity index (χ0v) is 12.3. The Hall–Kier alpha value is -1.49. The van der Waals surface area contributed by atoms with Crippen LogP contribution in [-0.2, 0) is 11.8 Å². The number of aryl methyl sites for hydroxylation is 1. The maximum atomic E-state index is 12.4. The first kappa shape index (κ1) is 14.9. The summed E-state index contributed by atoms with van der Waals surface area (Å²) >= 11 is 5.91. The van der Waals surface area contributed by atoms with Crippen molar-refractivity contribution in [2.75, 3.05) is 13.1 Å². The van der Waals surface area contributed by atoms with Crippen LogP contribution in [0.15, 0.2) is 12.3 Å². The van der Waals surface area contributed by atoms with Gasteiger partial charge in [0.25, 0.3) is 5.91 Å². The Morgan fingerprint density at radius 2 is 2.25 bits per heavy atom. The molecule has 0 bridgehead atoms. The summed E-state index contributed by atoms with van der Waals surface area (Å²) in [5.74, 6) is -0.526. The van der Waals surface area contributed by atoms with Crippen molar-refractivity contribution < 1.29 is 14.7 Å². The number of hydrogen-bond acceptors (Lipinski definition) is 2. The molecule has 110 valence electrons. The van der Waals surface area contributed by atoms with E-state index in [9.17, 15) is 9.59 Å². The lowest BCUT2D eigenvalue weighted by molar-refractivity contribution is -0.137. The Morgan fingerprint density at radius 1 is 1.50 bits per heavy atom. The maximum absolute atomic E-state index is 12.4. The van der Waals surface area contributed by atoms with Gasteiger partial charge < -0.3 is 14.6 Å². The van der Waals surface area contributed by atoms with Gasteiger partial charge in [0.05, 0.1) is 5.02 Å². The molecule has 5 nitrogen and oxygen atoms in total. The van der Waals surface area contributed by atoms with Crippen LogP contribution in [0.3, 0.4) is 0 Å². The van der Waals surface area contributed by atoms with Crippen molar-refractivity contribution in [1.82, 2.24) is 9.47 Å². The Kier molecular flexibility index (Phi) is 4.70. The van der Waals surface area contributed by atoms with E-state index >= 15 is 0 Å². The second-order valence-electron chi connectivity index (χ2n) is 5.35. The van der Waals surface area contributed by atoms with Crippen molar-refractivity contribution in [2.45, 2.75) is 25.7 Å². The van der Waals surface area contributed by atoms with E-state index in [0.29, 0.717) is 23.7 Å². The molecule has 0 unspecified atom stereocenters. The molecule has 1 fully saturated rings. The molecule has 0 aliphatic carbocycles. The van der Waals surface area contributed by atoms with Crippen molar-refractivity contribution in [2.24, 2.45) is 13.0 Å². The van der Waals surface area contributed by atoms with Crippen LogP contribution in [0.25, 0.3) is 0 Å². The van der Waals surface area contributed by atoms with Gasteiger partial charge in [0, 0.05) is 32.8 Å². The van der Waals surface area contributed by atoms with Gasteiger partial charge in [-0.05, 0) is 31.2 Å². The van der Waals surface area contributed by atoms with Crippen LogP contribution < -0.4 is 0 Å². The van der Waals surface area contributed by atoms with Crippen molar-refractivity contribution in [1.29, 1.82) is 0 Å². The molecular weight excluding hydrogens is 280 g/mol. The monoisotopic (exact) mass is 298 g/mol. The summed E-state index contributed by atoms with van der Waals surface area (Å²) in [6, 6.07) is 1.67. The number of carbonyl (C=O) groups is 2. The average Bonchev–Trinajstić information content (AvgIpc) is 2.75. The van der Waals surface area contributed by atoms with E-state index in [2.05, 4.69) is 0 Å². The highest BCUT2D eigenvalue weighted by Crippen LogP contribution is 2.23. The number of amides is 1. The normalized spacial score (nSPS) is 19.1. The van der Waals surface area contributed by atoms with Crippen LogP contribution in [0, 0.1) is 5.92 Å². The first-order valence-electron chi connectivity index (χ1n) is 6.80. The molecule has 2 heterocycles. The van der Waals surface area contributed by atoms with Gasteiger partial charge in [0.1, 0.15) is 5.69 Å². The van der Waals surface area contributed by atoms with E-state index in [0.717, 1.165) is 19.4 Å². The number of halogens is 1. The van der Waals surface area contributed by atoms with Gasteiger partial charge in [0.2, 0.25) is 0 Å². The second kappa shape index (κ2) is 6.31. The molecule has 1 saturated heterocycles. The third kappa shape index (κ3) is 3.54. The second-order valence-corrected chi connectivity index (χ2v) is 5.78. The average molecular weight is 299 g/mol. The van der Waals surface area contributed by atoms with Crippen LogP contribution in [0.4, 0.5) is 0 Å². The highest BCUT2D eigenvalue weighted by Gasteiger charge is 2.26. The summed E-state index contributed by atoms with van der Waals surface area (Å²) in [5, 5.41) is 9.29. The number of carbonyl (C=O) groups excluding carboxylic acids is 1. The number of likely N-dealkylation sites (tertiary alicyclic amines) is 1. The molecular formula is C14H19ClN2O3. The summed E-state index contributed by atoms with van der Waals surface area (Å²) in [5.41, 5.74) is 0.578. The van der Waals surface area contributed by atoms with Gasteiger partial charge in [-0.3, -0.25) is 9.59 Å². The minimum atomic E-state index is -0.775. The van der Waals surface area contributed by atoms with E-state index in [1.54, 1.807) is 23.9 Å². The molecule has 1 atom stereocenters. The summed E-state index contributed by atoms with van der Waals surface area (Å²) in [7, 11) is 1.80. The van der Waals surface area contributed by atoms with Crippen LogP contribution in [0.2, 0.25) is 5.02 Å². The third-order valence-corrected chi connectivity index (χ3v) is 3.97. The van der Waals surface area contributed by atoms with E-state index < -0.39 is 5.97 Å². The van der Waals surface area contributed by atoms with Crippen molar-refractivity contribution >= 4 is 23.5 Å². The minimum absolute atomic E-state index is 0.0283. The van der Waals surface area contributed by atoms with E-state index in [1.807, 2.05) is 4.90 Å². The summed E-state index contributed by atoms with van der Waals surface area (Å²) < 4.78 is 1.73. The Labute approximate surface area is 123 Å². The number of carboxylic acid groups (broad SMARTS) is 1. The number of nitrogens with zero attached hydrogens (tertiary/aromatic N) is 2. The summed E-state index contributed by atoms with van der Waals surface area (Å²) in [4.78, 5) is 24.9. The van der Waals surface area contributed by atoms with Crippen molar-refractivity contribution in [3.63, 3.8) is 0 Å². The lowest BCUT2D eigenvalue weighted by Gasteiger charge is -2.32. The van der Waals surface area contributed by atoms with Crippen LogP contribution in [-0.4, -0.2) is 39.5 Å². The van der Waals surface area contributed by atoms with E-state index in [4.69, 9.17) is 16.7 Å². The topological polar surface area (TPSA) is 62.5 Å². The van der Waals surface area contributed by atoms with Crippen LogP contribution >= 0.6 is 11.6 Å². The molecule has 1 aromatic rings. The molecule has 0 saturated carbocycles. The molecule has 2 rings (SSSR count). The fourth-order valence-electron chi connectivity index (χ4n) is 2.71. The SMILES string of the molecule is Cn1cc(Cl)cc1C(=O)N1CCC[C@@H](CCC(=O)O)C1. The molecule has 1 aliphatic heterocycles. The number of aromatic nitrogens is 1. The zero-order valence-electron chi connectivity index (χ0n) is 11.5. The molecule has 0 radical (unpaired) electrons. The molecule has 20 heavy (non-hydrogen) atoms. The number of piperidine rings is 1. The van der Waals surface area contributed by atoms with Crippen molar-refractivity contribution in [3.05, 3.63) is 23.0 Å². The Balaban J connectivity index is 1.99. The van der Waals surface area contributed by atoms with Gasteiger partial charge in [-0.1, -0.05) is 11.6 Å². The van der Waals surface area contributed by atoms with Crippen molar-refractivity contribution in [3.8, 4) is 0 Å². The predicted octanol–water partition coefficient (Wildman–Crippen LogP) is 2.40. The number of rotatable bonds is 4. The van der Waals surface area contributed by atoms with Gasteiger partial charge in [-0.15, -0.1) is 0 Å². The molecule has 1 N–H and O–H groups in total. The predicted molar refractivity (Wildman–Crippen MR) is 75.9 cm³/mol. The third-order valence-electron chi connectivity index (χ3n) is 3.76. The smallest absolute Gasteiger partial charge is 0.303 e. The van der Waals surface area contributed by atoms with E-state index in [1.165, 1.54) is 0 Å². The maximum Gasteiger partial charge on any atom is 0.303 e. The zero-order chi connectivity index (χ0) is 14.7. The Morgan fingerprint density at radius 3 is 2.85 bits per heavy atom. The molecule has 1 aromatic heterocycles.